The van der Waals surface area contributed by atoms with Gasteiger partial charge in [-0.1, -0.05) is 143 Å². The predicted molar refractivity (Wildman–Crippen MR) is 235 cm³/mol. The fraction of sp³-hybridized carbons (Fsp3) is 0.148. The molecular weight excluding hydrogens is 677 g/mol. The molecule has 2 unspecified atom stereocenters. The van der Waals surface area contributed by atoms with E-state index in [2.05, 4.69) is 207 Å². The lowest BCUT2D eigenvalue weighted by Gasteiger charge is -2.29. The van der Waals surface area contributed by atoms with Gasteiger partial charge in [-0.15, -0.1) is 0 Å². The fourth-order valence-electron chi connectivity index (χ4n) is 11.0. The summed E-state index contributed by atoms with van der Waals surface area (Å²) in [4.78, 5) is 2.57. The molecule has 2 heterocycles. The van der Waals surface area contributed by atoms with Crippen LogP contribution in [0.5, 0.6) is 0 Å². The Hall–Kier alpha value is -6.38. The molecule has 12 rings (SSSR count). The van der Waals surface area contributed by atoms with Gasteiger partial charge in [0.05, 0.1) is 17.1 Å². The number of benzene rings is 7. The maximum absolute atomic E-state index is 2.57. The van der Waals surface area contributed by atoms with Crippen molar-refractivity contribution in [1.82, 2.24) is 4.57 Å². The predicted octanol–water partition coefficient (Wildman–Crippen LogP) is 13.8. The molecule has 4 aliphatic rings. The highest BCUT2D eigenvalue weighted by Crippen LogP contribution is 2.54. The van der Waals surface area contributed by atoms with Crippen molar-refractivity contribution in [2.24, 2.45) is 0 Å². The molecule has 1 aromatic heterocycles. The summed E-state index contributed by atoms with van der Waals surface area (Å²) in [5.41, 5.74) is 21.1. The minimum Gasteiger partial charge on any atom is -0.333 e. The summed E-state index contributed by atoms with van der Waals surface area (Å²) in [6.45, 7) is 9.42. The van der Waals surface area contributed by atoms with E-state index in [1.54, 1.807) is 0 Å². The first-order valence-corrected chi connectivity index (χ1v) is 20.1. The van der Waals surface area contributed by atoms with Crippen LogP contribution in [-0.2, 0) is 10.8 Å². The zero-order valence-corrected chi connectivity index (χ0v) is 32.2. The third-order valence-electron chi connectivity index (χ3n) is 13.7. The quantitative estimate of drug-likeness (QED) is 0.177. The number of anilines is 2. The minimum atomic E-state index is -0.0126. The van der Waals surface area contributed by atoms with Gasteiger partial charge in [0.15, 0.2) is 0 Å². The van der Waals surface area contributed by atoms with Gasteiger partial charge in [-0.2, -0.15) is 0 Å². The molecule has 268 valence electrons. The molecule has 0 bridgehead atoms. The zero-order valence-electron chi connectivity index (χ0n) is 32.2. The number of nitrogens with zero attached hydrogens (tertiary/aromatic N) is 2. The zero-order chi connectivity index (χ0) is 37.5. The Morgan fingerprint density at radius 2 is 1.02 bits per heavy atom. The molecule has 0 fully saturated rings. The van der Waals surface area contributed by atoms with Crippen molar-refractivity contribution < 1.29 is 0 Å². The maximum Gasteiger partial charge on any atom is 0.0629 e. The first kappa shape index (κ1) is 31.9. The van der Waals surface area contributed by atoms with Gasteiger partial charge in [-0.3, -0.25) is 0 Å². The van der Waals surface area contributed by atoms with Crippen molar-refractivity contribution in [1.29, 1.82) is 0 Å². The van der Waals surface area contributed by atoms with Crippen molar-refractivity contribution in [3.05, 3.63) is 198 Å². The van der Waals surface area contributed by atoms with Crippen LogP contribution in [0.1, 0.15) is 61.4 Å². The Bertz CT molecular complexity index is 3060. The van der Waals surface area contributed by atoms with Gasteiger partial charge in [-0.05, 0) is 116 Å². The Morgan fingerprint density at radius 3 is 1.77 bits per heavy atom. The molecule has 2 nitrogen and oxygen atoms in total. The van der Waals surface area contributed by atoms with Crippen molar-refractivity contribution in [2.75, 3.05) is 4.90 Å². The molecule has 0 spiro atoms. The van der Waals surface area contributed by atoms with Crippen LogP contribution in [0.25, 0.3) is 60.9 Å². The second kappa shape index (κ2) is 11.1. The van der Waals surface area contributed by atoms with Crippen LogP contribution in [0.3, 0.4) is 0 Å². The summed E-state index contributed by atoms with van der Waals surface area (Å²) in [5, 5.41) is 2.56. The average molecular weight is 719 g/mol. The lowest BCUT2D eigenvalue weighted by Crippen LogP contribution is -2.28. The van der Waals surface area contributed by atoms with E-state index in [-0.39, 0.29) is 22.8 Å². The molecular formula is C54H42N2. The Morgan fingerprint density at radius 1 is 0.446 bits per heavy atom. The number of para-hydroxylation sites is 1. The molecule has 56 heavy (non-hydrogen) atoms. The molecule has 0 N–H and O–H groups in total. The smallest absolute Gasteiger partial charge is 0.0629 e. The Kier molecular flexibility index (Phi) is 6.33. The van der Waals surface area contributed by atoms with Crippen LogP contribution >= 0.6 is 0 Å². The van der Waals surface area contributed by atoms with Crippen LogP contribution < -0.4 is 4.90 Å². The first-order valence-electron chi connectivity index (χ1n) is 20.1. The van der Waals surface area contributed by atoms with Gasteiger partial charge < -0.3 is 9.47 Å². The Balaban J connectivity index is 0.969. The van der Waals surface area contributed by atoms with Crippen LogP contribution in [-0.4, -0.2) is 10.6 Å². The molecule has 0 saturated heterocycles. The summed E-state index contributed by atoms with van der Waals surface area (Å²) in [6.07, 6.45) is 9.22. The summed E-state index contributed by atoms with van der Waals surface area (Å²) in [5.74, 6) is 0.285. The molecule has 0 radical (unpaired) electrons. The van der Waals surface area contributed by atoms with E-state index in [9.17, 15) is 0 Å². The number of hydrogen-bond acceptors (Lipinski definition) is 1. The SMILES string of the molecule is CC1(C)c2ccccc2-c2cc(N3c4ccc(-c5ccc6c(c5)c5ccccc5n6-c5ccc6c(c5)-c5ccccc5C6(C)C)cc4C4C=CC=CC43)ccc21. The monoisotopic (exact) mass is 718 g/mol. The van der Waals surface area contributed by atoms with Crippen LogP contribution in [0.15, 0.2) is 170 Å². The summed E-state index contributed by atoms with van der Waals surface area (Å²) < 4.78 is 2.46. The summed E-state index contributed by atoms with van der Waals surface area (Å²) in [7, 11) is 0. The van der Waals surface area contributed by atoms with Crippen LogP contribution in [0, 0.1) is 0 Å². The molecule has 0 amide bonds. The van der Waals surface area contributed by atoms with Crippen molar-refractivity contribution >= 4 is 33.2 Å². The van der Waals surface area contributed by atoms with Gasteiger partial charge in [0.25, 0.3) is 0 Å². The highest BCUT2D eigenvalue weighted by Gasteiger charge is 2.40. The van der Waals surface area contributed by atoms with Crippen molar-refractivity contribution in [3.8, 4) is 39.1 Å². The van der Waals surface area contributed by atoms with E-state index in [4.69, 9.17) is 0 Å². The van der Waals surface area contributed by atoms with Gasteiger partial charge in [-0.25, -0.2) is 0 Å². The van der Waals surface area contributed by atoms with Crippen LogP contribution in [0.2, 0.25) is 0 Å². The normalized spacial score (nSPS) is 18.8. The van der Waals surface area contributed by atoms with E-state index < -0.39 is 0 Å². The third-order valence-corrected chi connectivity index (χ3v) is 13.7. The second-order valence-electron chi connectivity index (χ2n) is 17.3. The lowest BCUT2D eigenvalue weighted by molar-refractivity contribution is 0.660. The number of allylic oxidation sites excluding steroid dienone is 2. The third kappa shape index (κ3) is 4.17. The summed E-state index contributed by atoms with van der Waals surface area (Å²) in [6, 6.07) is 55.5. The number of aromatic nitrogens is 1. The molecule has 3 aliphatic carbocycles. The standard InChI is InChI=1S/C54H42N2/c1-53(2)45-17-9-5-13-37(45)41-31-35(23-25-47(41)53)55-49-19-11-7-15-39(49)43-29-33(21-27-51(43)55)34-22-28-52-44(30-34)40-16-8-12-20-50(40)56(52)36-24-26-48-42(32-36)38-14-6-10-18-46(38)54(48,3)4/h5-32,39,49H,1-4H3. The molecule has 2 atom stereocenters. The summed E-state index contributed by atoms with van der Waals surface area (Å²) >= 11 is 0. The van der Waals surface area contributed by atoms with Crippen molar-refractivity contribution in [2.45, 2.75) is 50.5 Å². The van der Waals surface area contributed by atoms with Gasteiger partial charge in [0.1, 0.15) is 0 Å². The number of rotatable bonds is 3. The largest absolute Gasteiger partial charge is 0.333 e. The average Bonchev–Trinajstić information content (AvgIpc) is 3.89. The van der Waals surface area contributed by atoms with E-state index in [0.717, 1.165) is 0 Å². The van der Waals surface area contributed by atoms with Gasteiger partial charge in [0, 0.05) is 44.6 Å². The van der Waals surface area contributed by atoms with Crippen LogP contribution in [0.4, 0.5) is 11.4 Å². The minimum absolute atomic E-state index is 0.00373. The maximum atomic E-state index is 2.57. The lowest BCUT2D eigenvalue weighted by atomic mass is 9.82. The topological polar surface area (TPSA) is 8.17 Å². The van der Waals surface area contributed by atoms with E-state index >= 15 is 0 Å². The highest BCUT2D eigenvalue weighted by atomic mass is 15.2. The second-order valence-corrected chi connectivity index (χ2v) is 17.3. The van der Waals surface area contributed by atoms with Gasteiger partial charge in [0.2, 0.25) is 0 Å². The molecule has 2 heteroatoms. The Labute approximate surface area is 328 Å². The van der Waals surface area contributed by atoms with E-state index in [0.29, 0.717) is 0 Å². The number of fused-ring (bicyclic) bond motifs is 12. The van der Waals surface area contributed by atoms with E-state index in [1.165, 1.54) is 100 Å². The van der Waals surface area contributed by atoms with Crippen molar-refractivity contribution in [3.63, 3.8) is 0 Å². The molecule has 0 saturated carbocycles. The fourth-order valence-corrected chi connectivity index (χ4v) is 11.0. The molecule has 8 aromatic rings. The molecule has 1 aliphatic heterocycles. The molecule has 7 aromatic carbocycles. The van der Waals surface area contributed by atoms with Gasteiger partial charge >= 0.3 is 0 Å². The van der Waals surface area contributed by atoms with E-state index in [1.807, 2.05) is 0 Å². The highest BCUT2D eigenvalue weighted by molar-refractivity contribution is 6.10. The first-order chi connectivity index (χ1) is 27.3. The number of hydrogen-bond donors (Lipinski definition) is 0.